The summed E-state index contributed by atoms with van der Waals surface area (Å²) in [5.41, 5.74) is 0. The average Bonchev–Trinajstić information content (AvgIpc) is 2.44. The van der Waals surface area contributed by atoms with E-state index in [9.17, 15) is 0 Å². The molecule has 1 atom stereocenters. The number of nitrogens with zero attached hydrogens (tertiary/aromatic N) is 3. The van der Waals surface area contributed by atoms with E-state index >= 15 is 0 Å². The predicted octanol–water partition coefficient (Wildman–Crippen LogP) is 2.83. The molecule has 0 fully saturated rings. The normalized spacial score (nSPS) is 12.4. The van der Waals surface area contributed by atoms with Gasteiger partial charge < -0.3 is 15.5 Å². The van der Waals surface area contributed by atoms with Gasteiger partial charge in [-0.25, -0.2) is 9.97 Å². The molecule has 0 saturated carbocycles. The zero-order valence-electron chi connectivity index (χ0n) is 13.3. The van der Waals surface area contributed by atoms with Crippen LogP contribution in [-0.4, -0.2) is 47.1 Å². The Morgan fingerprint density at radius 3 is 2.50 bits per heavy atom. The molecule has 20 heavy (non-hydrogen) atoms. The summed E-state index contributed by atoms with van der Waals surface area (Å²) >= 11 is 0. The Morgan fingerprint density at radius 2 is 1.85 bits per heavy atom. The molecule has 1 heterocycles. The number of nitrogens with one attached hydrogen (secondary N) is 2. The fourth-order valence-corrected chi connectivity index (χ4v) is 2.20. The summed E-state index contributed by atoms with van der Waals surface area (Å²) in [5, 5.41) is 6.64. The second-order valence-corrected chi connectivity index (χ2v) is 5.03. The Kier molecular flexibility index (Phi) is 7.95. The molecule has 0 bridgehead atoms. The van der Waals surface area contributed by atoms with Gasteiger partial charge >= 0.3 is 0 Å². The van der Waals surface area contributed by atoms with Crippen molar-refractivity contribution in [3.8, 4) is 0 Å². The van der Waals surface area contributed by atoms with E-state index < -0.39 is 0 Å². The smallest absolute Gasteiger partial charge is 0.131 e. The molecule has 0 aromatic carbocycles. The van der Waals surface area contributed by atoms with Crippen LogP contribution in [0.5, 0.6) is 0 Å². The van der Waals surface area contributed by atoms with Gasteiger partial charge in [0.25, 0.3) is 0 Å². The van der Waals surface area contributed by atoms with Crippen LogP contribution in [0.25, 0.3) is 0 Å². The van der Waals surface area contributed by atoms with Gasteiger partial charge in [0.1, 0.15) is 18.0 Å². The van der Waals surface area contributed by atoms with Crippen molar-refractivity contribution < 1.29 is 0 Å². The van der Waals surface area contributed by atoms with E-state index in [2.05, 4.69) is 53.2 Å². The van der Waals surface area contributed by atoms with Crippen LogP contribution in [0.4, 0.5) is 11.6 Å². The van der Waals surface area contributed by atoms with E-state index in [-0.39, 0.29) is 0 Å². The number of anilines is 2. The average molecular weight is 279 g/mol. The summed E-state index contributed by atoms with van der Waals surface area (Å²) in [6.45, 7) is 13.0. The van der Waals surface area contributed by atoms with Gasteiger partial charge in [-0.1, -0.05) is 13.8 Å². The standard InChI is InChI=1S/C15H29N5/c1-5-16-14-11-15(18-12-17-14)19-13(4)9-8-10-20(6-2)7-3/h11-13H,5-10H2,1-4H3,(H2,16,17,18,19). The highest BCUT2D eigenvalue weighted by Crippen LogP contribution is 2.11. The first-order valence-electron chi connectivity index (χ1n) is 7.74. The first kappa shape index (κ1) is 16.7. The summed E-state index contributed by atoms with van der Waals surface area (Å²) in [6.07, 6.45) is 3.96. The van der Waals surface area contributed by atoms with Gasteiger partial charge in [0.05, 0.1) is 0 Å². The molecule has 114 valence electrons. The molecule has 0 spiro atoms. The van der Waals surface area contributed by atoms with Crippen LogP contribution in [0.1, 0.15) is 40.5 Å². The van der Waals surface area contributed by atoms with Gasteiger partial charge in [-0.05, 0) is 46.3 Å². The topological polar surface area (TPSA) is 53.1 Å². The summed E-state index contributed by atoms with van der Waals surface area (Å²) in [6, 6.07) is 2.39. The van der Waals surface area contributed by atoms with E-state index in [1.807, 2.05) is 6.07 Å². The molecule has 5 nitrogen and oxygen atoms in total. The Morgan fingerprint density at radius 1 is 1.15 bits per heavy atom. The third-order valence-electron chi connectivity index (χ3n) is 3.43. The molecule has 0 aliphatic carbocycles. The Labute approximate surface area is 123 Å². The lowest BCUT2D eigenvalue weighted by atomic mass is 10.1. The van der Waals surface area contributed by atoms with Crippen LogP contribution in [0, 0.1) is 0 Å². The van der Waals surface area contributed by atoms with E-state index in [0.717, 1.165) is 37.7 Å². The zero-order chi connectivity index (χ0) is 14.8. The van der Waals surface area contributed by atoms with Crippen molar-refractivity contribution in [2.75, 3.05) is 36.8 Å². The molecule has 1 rings (SSSR count). The molecule has 0 amide bonds. The molecule has 2 N–H and O–H groups in total. The second kappa shape index (κ2) is 9.53. The summed E-state index contributed by atoms with van der Waals surface area (Å²) in [7, 11) is 0. The highest BCUT2D eigenvalue weighted by molar-refractivity contribution is 5.46. The molecular formula is C15H29N5. The van der Waals surface area contributed by atoms with Crippen LogP contribution in [-0.2, 0) is 0 Å². The van der Waals surface area contributed by atoms with E-state index in [0.29, 0.717) is 6.04 Å². The van der Waals surface area contributed by atoms with Gasteiger partial charge in [0.2, 0.25) is 0 Å². The highest BCUT2D eigenvalue weighted by Gasteiger charge is 2.05. The highest BCUT2D eigenvalue weighted by atomic mass is 15.1. The van der Waals surface area contributed by atoms with Crippen molar-refractivity contribution in [1.82, 2.24) is 14.9 Å². The van der Waals surface area contributed by atoms with Gasteiger partial charge in [-0.2, -0.15) is 0 Å². The van der Waals surface area contributed by atoms with Crippen LogP contribution in [0.15, 0.2) is 12.4 Å². The first-order valence-corrected chi connectivity index (χ1v) is 7.74. The zero-order valence-corrected chi connectivity index (χ0v) is 13.3. The number of hydrogen-bond acceptors (Lipinski definition) is 5. The molecule has 0 aliphatic rings. The van der Waals surface area contributed by atoms with Crippen molar-refractivity contribution in [1.29, 1.82) is 0 Å². The van der Waals surface area contributed by atoms with E-state index in [4.69, 9.17) is 0 Å². The summed E-state index contributed by atoms with van der Waals surface area (Å²) < 4.78 is 0. The summed E-state index contributed by atoms with van der Waals surface area (Å²) in [5.74, 6) is 1.77. The molecule has 1 unspecified atom stereocenters. The largest absolute Gasteiger partial charge is 0.370 e. The molecular weight excluding hydrogens is 250 g/mol. The fourth-order valence-electron chi connectivity index (χ4n) is 2.20. The quantitative estimate of drug-likeness (QED) is 0.690. The Bertz CT molecular complexity index is 365. The molecule has 0 radical (unpaired) electrons. The third kappa shape index (κ3) is 6.19. The fraction of sp³-hybridized carbons (Fsp3) is 0.733. The molecule has 1 aromatic heterocycles. The predicted molar refractivity (Wildman–Crippen MR) is 86.3 cm³/mol. The van der Waals surface area contributed by atoms with Gasteiger partial charge in [-0.3, -0.25) is 0 Å². The Balaban J connectivity index is 2.34. The van der Waals surface area contributed by atoms with Crippen molar-refractivity contribution in [2.45, 2.75) is 46.6 Å². The van der Waals surface area contributed by atoms with Crippen LogP contribution >= 0.6 is 0 Å². The molecule has 0 saturated heterocycles. The number of hydrogen-bond donors (Lipinski definition) is 2. The van der Waals surface area contributed by atoms with Crippen LogP contribution in [0.2, 0.25) is 0 Å². The SMILES string of the molecule is CCNc1cc(NC(C)CCCN(CC)CC)ncn1. The maximum atomic E-state index is 4.26. The monoisotopic (exact) mass is 279 g/mol. The second-order valence-electron chi connectivity index (χ2n) is 5.03. The maximum absolute atomic E-state index is 4.26. The minimum absolute atomic E-state index is 0.426. The number of rotatable bonds is 10. The van der Waals surface area contributed by atoms with Gasteiger partial charge in [0, 0.05) is 18.7 Å². The third-order valence-corrected chi connectivity index (χ3v) is 3.43. The molecule has 0 aliphatic heterocycles. The minimum atomic E-state index is 0.426. The van der Waals surface area contributed by atoms with E-state index in [1.165, 1.54) is 13.0 Å². The van der Waals surface area contributed by atoms with Crippen molar-refractivity contribution >= 4 is 11.6 Å². The van der Waals surface area contributed by atoms with Crippen molar-refractivity contribution in [3.05, 3.63) is 12.4 Å². The number of aromatic nitrogens is 2. The molecule has 1 aromatic rings. The van der Waals surface area contributed by atoms with Crippen LogP contribution < -0.4 is 10.6 Å². The van der Waals surface area contributed by atoms with Crippen LogP contribution in [0.3, 0.4) is 0 Å². The lowest BCUT2D eigenvalue weighted by Gasteiger charge is -2.20. The van der Waals surface area contributed by atoms with E-state index in [1.54, 1.807) is 6.33 Å². The lowest BCUT2D eigenvalue weighted by molar-refractivity contribution is 0.295. The maximum Gasteiger partial charge on any atom is 0.131 e. The van der Waals surface area contributed by atoms with Gasteiger partial charge in [0.15, 0.2) is 0 Å². The van der Waals surface area contributed by atoms with Crippen molar-refractivity contribution in [3.63, 3.8) is 0 Å². The first-order chi connectivity index (χ1) is 9.69. The lowest BCUT2D eigenvalue weighted by Crippen LogP contribution is -2.25. The summed E-state index contributed by atoms with van der Waals surface area (Å²) in [4.78, 5) is 10.9. The Hall–Kier alpha value is -1.36. The molecule has 5 heteroatoms. The van der Waals surface area contributed by atoms with Gasteiger partial charge in [-0.15, -0.1) is 0 Å². The minimum Gasteiger partial charge on any atom is -0.370 e. The van der Waals surface area contributed by atoms with Crippen molar-refractivity contribution in [2.24, 2.45) is 0 Å².